The summed E-state index contributed by atoms with van der Waals surface area (Å²) in [5.41, 5.74) is 1.80. The number of ether oxygens (including phenoxy) is 2. The highest BCUT2D eigenvalue weighted by Gasteiger charge is 2.31. The van der Waals surface area contributed by atoms with Gasteiger partial charge in [0.2, 0.25) is 5.88 Å². The van der Waals surface area contributed by atoms with Gasteiger partial charge in [-0.1, -0.05) is 13.8 Å². The van der Waals surface area contributed by atoms with Crippen molar-refractivity contribution in [2.24, 2.45) is 0 Å². The molecule has 3 rings (SSSR count). The van der Waals surface area contributed by atoms with Crippen molar-refractivity contribution < 1.29 is 22.6 Å². The van der Waals surface area contributed by atoms with Gasteiger partial charge < -0.3 is 9.47 Å². The van der Waals surface area contributed by atoms with E-state index < -0.39 is 6.36 Å². The Balaban J connectivity index is 1.88. The van der Waals surface area contributed by atoms with E-state index in [1.165, 1.54) is 24.3 Å². The van der Waals surface area contributed by atoms with Crippen LogP contribution in [0.1, 0.15) is 25.3 Å². The molecule has 0 radical (unpaired) electrons. The summed E-state index contributed by atoms with van der Waals surface area (Å²) in [6, 6.07) is 9.12. The third-order valence-electron chi connectivity index (χ3n) is 3.44. The van der Waals surface area contributed by atoms with Crippen molar-refractivity contribution in [2.75, 3.05) is 0 Å². The highest BCUT2D eigenvalue weighted by molar-refractivity contribution is 5.48. The van der Waals surface area contributed by atoms with Gasteiger partial charge in [-0.2, -0.15) is 0 Å². The molecule has 0 fully saturated rings. The molecule has 7 heteroatoms. The van der Waals surface area contributed by atoms with Crippen LogP contribution in [0.25, 0.3) is 5.65 Å². The van der Waals surface area contributed by atoms with Crippen LogP contribution in [0, 0.1) is 0 Å². The fraction of sp³-hybridized carbons (Fsp3) is 0.235. The number of hydrogen-bond acceptors (Lipinski definition) is 3. The lowest BCUT2D eigenvalue weighted by Crippen LogP contribution is -2.16. The van der Waals surface area contributed by atoms with E-state index in [0.717, 1.165) is 11.2 Å². The summed E-state index contributed by atoms with van der Waals surface area (Å²) in [7, 11) is 0. The molecule has 2 heterocycles. The standard InChI is InChI=1S/C17H15F3N2O2/c1-11(2)12-9-15-21-7-8-22(15)16(10-12)23-13-3-5-14(6-4-13)24-17(18,19)20/h3-11H,1-2H3. The molecule has 0 amide bonds. The number of benzene rings is 1. The SMILES string of the molecule is CC(C)c1cc(Oc2ccc(OC(F)(F)F)cc2)n2ccnc2c1. The summed E-state index contributed by atoms with van der Waals surface area (Å²) >= 11 is 0. The first-order valence-corrected chi connectivity index (χ1v) is 7.32. The van der Waals surface area contributed by atoms with E-state index in [2.05, 4.69) is 23.6 Å². The zero-order chi connectivity index (χ0) is 17.3. The summed E-state index contributed by atoms with van der Waals surface area (Å²) < 4.78 is 48.0. The maximum absolute atomic E-state index is 12.2. The van der Waals surface area contributed by atoms with Crippen molar-refractivity contribution in [1.29, 1.82) is 0 Å². The third kappa shape index (κ3) is 3.61. The van der Waals surface area contributed by atoms with Crippen LogP contribution in [0.15, 0.2) is 48.8 Å². The van der Waals surface area contributed by atoms with E-state index >= 15 is 0 Å². The summed E-state index contributed by atoms with van der Waals surface area (Å²) in [4.78, 5) is 4.26. The van der Waals surface area contributed by atoms with Crippen molar-refractivity contribution in [2.45, 2.75) is 26.1 Å². The van der Waals surface area contributed by atoms with E-state index in [1.54, 1.807) is 16.8 Å². The molecule has 0 aliphatic carbocycles. The number of fused-ring (bicyclic) bond motifs is 1. The quantitative estimate of drug-likeness (QED) is 0.661. The first-order chi connectivity index (χ1) is 11.3. The molecule has 0 saturated heterocycles. The second kappa shape index (κ2) is 6.07. The molecule has 126 valence electrons. The van der Waals surface area contributed by atoms with Gasteiger partial charge in [0.05, 0.1) is 0 Å². The van der Waals surface area contributed by atoms with Crippen molar-refractivity contribution in [1.82, 2.24) is 9.38 Å². The van der Waals surface area contributed by atoms with Gasteiger partial charge in [-0.15, -0.1) is 13.2 Å². The van der Waals surface area contributed by atoms with Gasteiger partial charge in [0.1, 0.15) is 17.1 Å². The number of halogens is 3. The van der Waals surface area contributed by atoms with Gasteiger partial charge >= 0.3 is 6.36 Å². The molecule has 0 saturated carbocycles. The van der Waals surface area contributed by atoms with Crippen molar-refractivity contribution >= 4 is 5.65 Å². The van der Waals surface area contributed by atoms with E-state index in [1.807, 2.05) is 12.1 Å². The van der Waals surface area contributed by atoms with Crippen LogP contribution in [-0.2, 0) is 0 Å². The lowest BCUT2D eigenvalue weighted by Gasteiger charge is -2.13. The van der Waals surface area contributed by atoms with Crippen LogP contribution in [0.4, 0.5) is 13.2 Å². The molecule has 3 aromatic rings. The number of rotatable bonds is 4. The van der Waals surface area contributed by atoms with Crippen molar-refractivity contribution in [3.63, 3.8) is 0 Å². The van der Waals surface area contributed by atoms with Crippen LogP contribution in [0.3, 0.4) is 0 Å². The highest BCUT2D eigenvalue weighted by atomic mass is 19.4. The van der Waals surface area contributed by atoms with Gasteiger partial charge in [0.15, 0.2) is 0 Å². The molecule has 0 atom stereocenters. The molecular weight excluding hydrogens is 321 g/mol. The van der Waals surface area contributed by atoms with Crippen LogP contribution in [0.5, 0.6) is 17.4 Å². The highest BCUT2D eigenvalue weighted by Crippen LogP contribution is 2.29. The van der Waals surface area contributed by atoms with E-state index in [-0.39, 0.29) is 11.7 Å². The first-order valence-electron chi connectivity index (χ1n) is 7.32. The minimum Gasteiger partial charge on any atom is -0.440 e. The summed E-state index contributed by atoms with van der Waals surface area (Å²) in [5, 5.41) is 0. The average Bonchev–Trinajstić information content (AvgIpc) is 2.96. The zero-order valence-corrected chi connectivity index (χ0v) is 13.0. The number of alkyl halides is 3. The number of imidazole rings is 1. The van der Waals surface area contributed by atoms with Gasteiger partial charge in [0, 0.05) is 18.5 Å². The maximum atomic E-state index is 12.2. The largest absolute Gasteiger partial charge is 0.573 e. The van der Waals surface area contributed by atoms with Crippen LogP contribution >= 0.6 is 0 Å². The van der Waals surface area contributed by atoms with Crippen molar-refractivity contribution in [3.05, 3.63) is 54.4 Å². The molecule has 24 heavy (non-hydrogen) atoms. The second-order valence-corrected chi connectivity index (χ2v) is 5.56. The fourth-order valence-electron chi connectivity index (χ4n) is 2.25. The van der Waals surface area contributed by atoms with Gasteiger partial charge in [-0.25, -0.2) is 4.98 Å². The van der Waals surface area contributed by atoms with Crippen LogP contribution in [-0.4, -0.2) is 15.7 Å². The van der Waals surface area contributed by atoms with Crippen molar-refractivity contribution in [3.8, 4) is 17.4 Å². The Bertz CT molecular complexity index is 839. The van der Waals surface area contributed by atoms with E-state index in [0.29, 0.717) is 11.6 Å². The third-order valence-corrected chi connectivity index (χ3v) is 3.44. The minimum atomic E-state index is -4.71. The smallest absolute Gasteiger partial charge is 0.440 e. The molecular formula is C17H15F3N2O2. The predicted octanol–water partition coefficient (Wildman–Crippen LogP) is 5.15. The molecule has 0 aliphatic rings. The molecule has 0 bridgehead atoms. The normalized spacial score (nSPS) is 11.9. The lowest BCUT2D eigenvalue weighted by atomic mass is 10.1. The topological polar surface area (TPSA) is 35.8 Å². The maximum Gasteiger partial charge on any atom is 0.573 e. The monoisotopic (exact) mass is 336 g/mol. The zero-order valence-electron chi connectivity index (χ0n) is 13.0. The van der Waals surface area contributed by atoms with Crippen LogP contribution in [0.2, 0.25) is 0 Å². The second-order valence-electron chi connectivity index (χ2n) is 5.56. The van der Waals surface area contributed by atoms with Gasteiger partial charge in [-0.05, 0) is 41.8 Å². The van der Waals surface area contributed by atoms with Gasteiger partial charge in [0.25, 0.3) is 0 Å². The Kier molecular flexibility index (Phi) is 4.09. The van der Waals surface area contributed by atoms with Gasteiger partial charge in [-0.3, -0.25) is 4.40 Å². The molecule has 1 aromatic carbocycles. The Hall–Kier alpha value is -2.70. The molecule has 0 N–H and O–H groups in total. The molecule has 0 spiro atoms. The Morgan fingerprint density at radius 3 is 2.33 bits per heavy atom. The summed E-state index contributed by atoms with van der Waals surface area (Å²) in [6.45, 7) is 4.11. The number of nitrogens with zero attached hydrogens (tertiary/aromatic N) is 2. The molecule has 0 unspecified atom stereocenters. The minimum absolute atomic E-state index is 0.289. The summed E-state index contributed by atoms with van der Waals surface area (Å²) in [5.74, 6) is 0.939. The summed E-state index contributed by atoms with van der Waals surface area (Å²) in [6.07, 6.45) is -1.29. The Labute approximate surface area is 136 Å². The molecule has 4 nitrogen and oxygen atoms in total. The predicted molar refractivity (Wildman–Crippen MR) is 82.5 cm³/mol. The average molecular weight is 336 g/mol. The number of pyridine rings is 1. The Morgan fingerprint density at radius 1 is 1.04 bits per heavy atom. The molecule has 2 aromatic heterocycles. The Morgan fingerprint density at radius 2 is 1.71 bits per heavy atom. The molecule has 0 aliphatic heterocycles. The lowest BCUT2D eigenvalue weighted by molar-refractivity contribution is -0.274. The van der Waals surface area contributed by atoms with E-state index in [9.17, 15) is 13.2 Å². The fourth-order valence-corrected chi connectivity index (χ4v) is 2.25. The van der Waals surface area contributed by atoms with E-state index in [4.69, 9.17) is 4.74 Å². The van der Waals surface area contributed by atoms with Crippen LogP contribution < -0.4 is 9.47 Å². The number of aromatic nitrogens is 2. The number of hydrogen-bond donors (Lipinski definition) is 0. The first kappa shape index (κ1) is 16.2.